The van der Waals surface area contributed by atoms with Gasteiger partial charge >= 0.3 is 6.09 Å². The first-order chi connectivity index (χ1) is 6.31. The molecule has 2 atom stereocenters. The molecule has 13 heavy (non-hydrogen) atoms. The summed E-state index contributed by atoms with van der Waals surface area (Å²) < 4.78 is 5.29. The molecule has 0 aromatic heterocycles. The van der Waals surface area contributed by atoms with Crippen molar-refractivity contribution in [3.63, 3.8) is 0 Å². The number of nitrogens with zero attached hydrogens (tertiary/aromatic N) is 1. The average molecular weight is 183 g/mol. The lowest BCUT2D eigenvalue weighted by Gasteiger charge is -2.41. The van der Waals surface area contributed by atoms with Gasteiger partial charge in [-0.3, -0.25) is 0 Å². The third-order valence-electron chi connectivity index (χ3n) is 3.12. The molecule has 0 radical (unpaired) electrons. The first-order valence-corrected chi connectivity index (χ1v) is 5.28. The van der Waals surface area contributed by atoms with E-state index in [1.54, 1.807) is 0 Å². The normalized spacial score (nSPS) is 33.9. The number of ether oxygens (including phenoxy) is 1. The van der Waals surface area contributed by atoms with Gasteiger partial charge in [0.15, 0.2) is 0 Å². The highest BCUT2D eigenvalue weighted by atomic mass is 16.6. The quantitative estimate of drug-likeness (QED) is 0.623. The summed E-state index contributed by atoms with van der Waals surface area (Å²) in [4.78, 5) is 13.4. The minimum Gasteiger partial charge on any atom is -0.446 e. The number of amides is 1. The summed E-state index contributed by atoms with van der Waals surface area (Å²) in [5.74, 6) is 0. The van der Waals surface area contributed by atoms with Gasteiger partial charge in [0.05, 0.1) is 0 Å². The zero-order valence-corrected chi connectivity index (χ0v) is 8.16. The molecule has 0 spiro atoms. The molecule has 3 nitrogen and oxygen atoms in total. The summed E-state index contributed by atoms with van der Waals surface area (Å²) in [5, 5.41) is 0. The second kappa shape index (κ2) is 3.56. The van der Waals surface area contributed by atoms with Crippen LogP contribution in [0.1, 0.15) is 39.0 Å². The fourth-order valence-electron chi connectivity index (χ4n) is 2.30. The molecule has 74 valence electrons. The van der Waals surface area contributed by atoms with Gasteiger partial charge in [-0.05, 0) is 25.7 Å². The van der Waals surface area contributed by atoms with E-state index in [9.17, 15) is 4.79 Å². The number of carbonyl (C=O) groups excluding carboxylic acids is 1. The van der Waals surface area contributed by atoms with Crippen LogP contribution in [-0.4, -0.2) is 29.7 Å². The van der Waals surface area contributed by atoms with Crippen LogP contribution in [0.3, 0.4) is 0 Å². The molecule has 2 aliphatic rings. The van der Waals surface area contributed by atoms with Crippen LogP contribution in [-0.2, 0) is 4.74 Å². The standard InChI is InChI=1S/C10H17NO2/c1-2-9-7-8-5-3-4-6-11(8)10(12)13-9/h8-9H,2-7H2,1H3/t8-,9+/m0/s1. The summed E-state index contributed by atoms with van der Waals surface area (Å²) >= 11 is 0. The van der Waals surface area contributed by atoms with Crippen LogP contribution >= 0.6 is 0 Å². The zero-order chi connectivity index (χ0) is 9.26. The fraction of sp³-hybridized carbons (Fsp3) is 0.900. The van der Waals surface area contributed by atoms with Crippen molar-refractivity contribution >= 4 is 6.09 Å². The Bertz CT molecular complexity index is 205. The van der Waals surface area contributed by atoms with E-state index in [2.05, 4.69) is 6.92 Å². The number of hydrogen-bond donors (Lipinski definition) is 0. The Morgan fingerprint density at radius 2 is 2.38 bits per heavy atom. The number of rotatable bonds is 1. The number of hydrogen-bond acceptors (Lipinski definition) is 2. The minimum absolute atomic E-state index is 0.0807. The number of fused-ring (bicyclic) bond motifs is 1. The van der Waals surface area contributed by atoms with E-state index >= 15 is 0 Å². The van der Waals surface area contributed by atoms with Gasteiger partial charge in [0.25, 0.3) is 0 Å². The maximum absolute atomic E-state index is 11.5. The van der Waals surface area contributed by atoms with Gasteiger partial charge in [-0.25, -0.2) is 4.79 Å². The molecule has 2 aliphatic heterocycles. The molecule has 2 saturated heterocycles. The fourth-order valence-corrected chi connectivity index (χ4v) is 2.30. The largest absolute Gasteiger partial charge is 0.446 e. The zero-order valence-electron chi connectivity index (χ0n) is 8.16. The molecule has 0 aromatic rings. The second-order valence-electron chi connectivity index (χ2n) is 3.99. The monoisotopic (exact) mass is 183 g/mol. The Labute approximate surface area is 79.0 Å². The number of cyclic esters (lactones) is 1. The SMILES string of the molecule is CC[C@@H]1C[C@@H]2CCCCN2C(=O)O1. The number of carbonyl (C=O) groups is 1. The summed E-state index contributed by atoms with van der Waals surface area (Å²) in [6.45, 7) is 2.98. The van der Waals surface area contributed by atoms with E-state index in [4.69, 9.17) is 4.74 Å². The number of piperidine rings is 1. The van der Waals surface area contributed by atoms with Crippen molar-refractivity contribution in [3.05, 3.63) is 0 Å². The molecule has 0 N–H and O–H groups in total. The molecular weight excluding hydrogens is 166 g/mol. The van der Waals surface area contributed by atoms with Gasteiger partial charge in [0.2, 0.25) is 0 Å². The van der Waals surface area contributed by atoms with Crippen molar-refractivity contribution in [3.8, 4) is 0 Å². The predicted octanol–water partition coefficient (Wildman–Crippen LogP) is 2.16. The van der Waals surface area contributed by atoms with Crippen LogP contribution in [0.15, 0.2) is 0 Å². The van der Waals surface area contributed by atoms with Crippen LogP contribution in [0.5, 0.6) is 0 Å². The van der Waals surface area contributed by atoms with E-state index in [1.807, 2.05) is 4.90 Å². The van der Waals surface area contributed by atoms with Crippen LogP contribution in [0.2, 0.25) is 0 Å². The summed E-state index contributed by atoms with van der Waals surface area (Å²) in [6, 6.07) is 0.472. The van der Waals surface area contributed by atoms with Crippen molar-refractivity contribution in [1.29, 1.82) is 0 Å². The third kappa shape index (κ3) is 1.64. The van der Waals surface area contributed by atoms with Crippen molar-refractivity contribution in [2.45, 2.75) is 51.2 Å². The maximum atomic E-state index is 11.5. The summed E-state index contributed by atoms with van der Waals surface area (Å²) in [7, 11) is 0. The van der Waals surface area contributed by atoms with Gasteiger partial charge in [0.1, 0.15) is 6.10 Å². The Kier molecular flexibility index (Phi) is 2.42. The van der Waals surface area contributed by atoms with Crippen LogP contribution < -0.4 is 0 Å². The first-order valence-electron chi connectivity index (χ1n) is 5.28. The van der Waals surface area contributed by atoms with E-state index in [-0.39, 0.29) is 12.2 Å². The Morgan fingerprint density at radius 3 is 3.15 bits per heavy atom. The van der Waals surface area contributed by atoms with Crippen LogP contribution in [0, 0.1) is 0 Å². The lowest BCUT2D eigenvalue weighted by Crippen LogP contribution is -2.50. The van der Waals surface area contributed by atoms with Gasteiger partial charge in [0, 0.05) is 19.0 Å². The van der Waals surface area contributed by atoms with Crippen molar-refractivity contribution in [1.82, 2.24) is 4.90 Å². The minimum atomic E-state index is -0.0807. The van der Waals surface area contributed by atoms with Crippen molar-refractivity contribution in [2.75, 3.05) is 6.54 Å². The van der Waals surface area contributed by atoms with Gasteiger partial charge < -0.3 is 9.64 Å². The first kappa shape index (κ1) is 8.85. The molecule has 0 bridgehead atoms. The van der Waals surface area contributed by atoms with Crippen LogP contribution in [0.4, 0.5) is 4.79 Å². The van der Waals surface area contributed by atoms with Crippen LogP contribution in [0.25, 0.3) is 0 Å². The molecular formula is C10H17NO2. The molecule has 0 unspecified atom stereocenters. The van der Waals surface area contributed by atoms with Gasteiger partial charge in [-0.15, -0.1) is 0 Å². The average Bonchev–Trinajstić information content (AvgIpc) is 2.18. The van der Waals surface area contributed by atoms with E-state index in [0.29, 0.717) is 6.04 Å². The lowest BCUT2D eigenvalue weighted by atomic mass is 9.95. The molecule has 0 saturated carbocycles. The highest BCUT2D eigenvalue weighted by molar-refractivity contribution is 5.69. The molecule has 1 amide bonds. The smallest absolute Gasteiger partial charge is 0.410 e. The van der Waals surface area contributed by atoms with Gasteiger partial charge in [-0.2, -0.15) is 0 Å². The maximum Gasteiger partial charge on any atom is 0.410 e. The van der Waals surface area contributed by atoms with E-state index < -0.39 is 0 Å². The van der Waals surface area contributed by atoms with Crippen molar-refractivity contribution < 1.29 is 9.53 Å². The summed E-state index contributed by atoms with van der Waals surface area (Å²) in [5.41, 5.74) is 0. The molecule has 2 heterocycles. The molecule has 3 heteroatoms. The molecule has 0 aromatic carbocycles. The Balaban J connectivity index is 2.03. The molecule has 2 rings (SSSR count). The lowest BCUT2D eigenvalue weighted by molar-refractivity contribution is -0.0138. The molecule has 2 fully saturated rings. The van der Waals surface area contributed by atoms with Crippen molar-refractivity contribution in [2.24, 2.45) is 0 Å². The van der Waals surface area contributed by atoms with Gasteiger partial charge in [-0.1, -0.05) is 6.92 Å². The Hall–Kier alpha value is -0.730. The topological polar surface area (TPSA) is 29.5 Å². The highest BCUT2D eigenvalue weighted by Crippen LogP contribution is 2.27. The molecule has 0 aliphatic carbocycles. The Morgan fingerprint density at radius 1 is 1.54 bits per heavy atom. The highest BCUT2D eigenvalue weighted by Gasteiger charge is 2.35. The second-order valence-corrected chi connectivity index (χ2v) is 3.99. The summed E-state index contributed by atoms with van der Waals surface area (Å²) in [6.07, 6.45) is 5.67. The predicted molar refractivity (Wildman–Crippen MR) is 49.5 cm³/mol. The third-order valence-corrected chi connectivity index (χ3v) is 3.12. The van der Waals surface area contributed by atoms with E-state index in [0.717, 1.165) is 25.8 Å². The van der Waals surface area contributed by atoms with E-state index in [1.165, 1.54) is 12.8 Å².